The molecule has 1 aromatic heterocycles. The SMILES string of the molecule is O=C(Nc1ccnc(N2CCOCC2)c1)c1cccc(I)c1. The van der Waals surface area contributed by atoms with Crippen LogP contribution < -0.4 is 10.2 Å². The van der Waals surface area contributed by atoms with Crippen molar-refractivity contribution in [2.24, 2.45) is 0 Å². The Balaban J connectivity index is 1.73. The smallest absolute Gasteiger partial charge is 0.255 e. The Kier molecular flexibility index (Phi) is 4.89. The number of carbonyl (C=O) groups is 1. The van der Waals surface area contributed by atoms with E-state index in [-0.39, 0.29) is 5.91 Å². The van der Waals surface area contributed by atoms with E-state index in [1.165, 1.54) is 0 Å². The molecule has 2 aromatic rings. The molecule has 3 rings (SSSR count). The maximum atomic E-state index is 12.3. The first kappa shape index (κ1) is 15.2. The van der Waals surface area contributed by atoms with Gasteiger partial charge in [-0.25, -0.2) is 4.98 Å². The maximum absolute atomic E-state index is 12.3. The molecule has 0 bridgehead atoms. The summed E-state index contributed by atoms with van der Waals surface area (Å²) >= 11 is 2.20. The summed E-state index contributed by atoms with van der Waals surface area (Å²) in [5, 5.41) is 2.92. The van der Waals surface area contributed by atoms with Crippen molar-refractivity contribution in [2.75, 3.05) is 36.5 Å². The molecular formula is C16H16IN3O2. The summed E-state index contributed by atoms with van der Waals surface area (Å²) in [6.45, 7) is 3.06. The number of benzene rings is 1. The summed E-state index contributed by atoms with van der Waals surface area (Å²) < 4.78 is 6.38. The second-order valence-corrected chi connectivity index (χ2v) is 6.21. The average molecular weight is 409 g/mol. The molecule has 0 radical (unpaired) electrons. The van der Waals surface area contributed by atoms with E-state index in [9.17, 15) is 4.79 Å². The van der Waals surface area contributed by atoms with Crippen LogP contribution in [-0.2, 0) is 4.74 Å². The van der Waals surface area contributed by atoms with Crippen molar-refractivity contribution >= 4 is 40.0 Å². The zero-order chi connectivity index (χ0) is 15.4. The zero-order valence-corrected chi connectivity index (χ0v) is 14.1. The van der Waals surface area contributed by atoms with Crippen molar-refractivity contribution in [1.29, 1.82) is 0 Å². The van der Waals surface area contributed by atoms with Crippen molar-refractivity contribution in [3.05, 3.63) is 51.7 Å². The third kappa shape index (κ3) is 3.75. The van der Waals surface area contributed by atoms with Gasteiger partial charge in [0.05, 0.1) is 13.2 Å². The van der Waals surface area contributed by atoms with Gasteiger partial charge in [0.2, 0.25) is 0 Å². The Hall–Kier alpha value is -1.67. The van der Waals surface area contributed by atoms with Crippen LogP contribution in [0.5, 0.6) is 0 Å². The van der Waals surface area contributed by atoms with Gasteiger partial charge in [0, 0.05) is 40.2 Å². The number of anilines is 2. The average Bonchev–Trinajstić information content (AvgIpc) is 2.56. The number of carbonyl (C=O) groups excluding carboxylic acids is 1. The molecule has 0 aliphatic carbocycles. The fourth-order valence-electron chi connectivity index (χ4n) is 2.29. The van der Waals surface area contributed by atoms with Gasteiger partial charge in [-0.2, -0.15) is 0 Å². The van der Waals surface area contributed by atoms with Gasteiger partial charge in [0.1, 0.15) is 5.82 Å². The first-order chi connectivity index (χ1) is 10.7. The van der Waals surface area contributed by atoms with Crippen molar-refractivity contribution in [3.63, 3.8) is 0 Å². The summed E-state index contributed by atoms with van der Waals surface area (Å²) in [5.74, 6) is 0.751. The second kappa shape index (κ2) is 7.06. The van der Waals surface area contributed by atoms with Gasteiger partial charge in [-0.15, -0.1) is 0 Å². The van der Waals surface area contributed by atoms with Gasteiger partial charge >= 0.3 is 0 Å². The van der Waals surface area contributed by atoms with Crippen LogP contribution in [0.3, 0.4) is 0 Å². The number of pyridine rings is 1. The molecule has 2 heterocycles. The Labute approximate surface area is 142 Å². The molecule has 5 nitrogen and oxygen atoms in total. The van der Waals surface area contributed by atoms with Crippen LogP contribution in [0.25, 0.3) is 0 Å². The number of hydrogen-bond donors (Lipinski definition) is 1. The fraction of sp³-hybridized carbons (Fsp3) is 0.250. The second-order valence-electron chi connectivity index (χ2n) is 4.97. The number of morpholine rings is 1. The summed E-state index contributed by atoms with van der Waals surface area (Å²) in [6, 6.07) is 11.2. The highest BCUT2D eigenvalue weighted by Crippen LogP contribution is 2.18. The third-order valence-corrected chi connectivity index (χ3v) is 4.10. The number of ether oxygens (including phenoxy) is 1. The largest absolute Gasteiger partial charge is 0.378 e. The van der Waals surface area contributed by atoms with Crippen LogP contribution in [0.2, 0.25) is 0 Å². The molecule has 1 aliphatic rings. The minimum Gasteiger partial charge on any atom is -0.378 e. The highest BCUT2D eigenvalue weighted by atomic mass is 127. The van der Waals surface area contributed by atoms with Gasteiger partial charge in [-0.1, -0.05) is 6.07 Å². The molecule has 0 saturated carbocycles. The summed E-state index contributed by atoms with van der Waals surface area (Å²) in [6.07, 6.45) is 1.72. The first-order valence-electron chi connectivity index (χ1n) is 7.08. The molecule has 0 unspecified atom stereocenters. The highest BCUT2D eigenvalue weighted by Gasteiger charge is 2.13. The van der Waals surface area contributed by atoms with E-state index in [4.69, 9.17) is 4.74 Å². The number of halogens is 1. The van der Waals surface area contributed by atoms with Crippen LogP contribution in [0.15, 0.2) is 42.6 Å². The first-order valence-corrected chi connectivity index (χ1v) is 8.16. The van der Waals surface area contributed by atoms with Crippen LogP contribution in [0.1, 0.15) is 10.4 Å². The molecule has 0 atom stereocenters. The number of nitrogens with one attached hydrogen (secondary N) is 1. The van der Waals surface area contributed by atoms with Crippen LogP contribution >= 0.6 is 22.6 Å². The lowest BCUT2D eigenvalue weighted by Gasteiger charge is -2.28. The predicted octanol–water partition coefficient (Wildman–Crippen LogP) is 2.78. The van der Waals surface area contributed by atoms with Crippen molar-refractivity contribution < 1.29 is 9.53 Å². The third-order valence-electron chi connectivity index (χ3n) is 3.43. The number of nitrogens with zero attached hydrogens (tertiary/aromatic N) is 2. The van der Waals surface area contributed by atoms with Crippen LogP contribution in [0.4, 0.5) is 11.5 Å². The Morgan fingerprint density at radius 3 is 2.82 bits per heavy atom. The quantitative estimate of drug-likeness (QED) is 0.793. The lowest BCUT2D eigenvalue weighted by Crippen LogP contribution is -2.36. The molecule has 1 aliphatic heterocycles. The van der Waals surface area contributed by atoms with Gasteiger partial charge in [-0.3, -0.25) is 4.79 Å². The highest BCUT2D eigenvalue weighted by molar-refractivity contribution is 14.1. The van der Waals surface area contributed by atoms with E-state index >= 15 is 0 Å². The Morgan fingerprint density at radius 1 is 1.23 bits per heavy atom. The molecule has 22 heavy (non-hydrogen) atoms. The topological polar surface area (TPSA) is 54.5 Å². The standard InChI is InChI=1S/C16H16IN3O2/c17-13-3-1-2-12(10-13)16(21)19-14-4-5-18-15(11-14)20-6-8-22-9-7-20/h1-5,10-11H,6-9H2,(H,18,19,21). The van der Waals surface area contributed by atoms with Crippen LogP contribution in [-0.4, -0.2) is 37.2 Å². The van der Waals surface area contributed by atoms with Crippen molar-refractivity contribution in [1.82, 2.24) is 4.98 Å². The van der Waals surface area contributed by atoms with Gasteiger partial charge in [0.15, 0.2) is 0 Å². The fourth-order valence-corrected chi connectivity index (χ4v) is 2.84. The van der Waals surface area contributed by atoms with E-state index in [1.54, 1.807) is 12.3 Å². The molecular weight excluding hydrogens is 393 g/mol. The van der Waals surface area contributed by atoms with Gasteiger partial charge in [-0.05, 0) is 46.9 Å². The summed E-state index contributed by atoms with van der Waals surface area (Å²) in [5.41, 5.74) is 1.40. The minimum atomic E-state index is -0.113. The van der Waals surface area contributed by atoms with E-state index in [0.29, 0.717) is 18.8 Å². The number of aromatic nitrogens is 1. The molecule has 1 fully saturated rings. The molecule has 1 saturated heterocycles. The Morgan fingerprint density at radius 2 is 2.05 bits per heavy atom. The normalized spacial score (nSPS) is 14.7. The van der Waals surface area contributed by atoms with Crippen molar-refractivity contribution in [2.45, 2.75) is 0 Å². The van der Waals surface area contributed by atoms with Crippen molar-refractivity contribution in [3.8, 4) is 0 Å². The molecule has 1 N–H and O–H groups in total. The molecule has 6 heteroatoms. The number of amides is 1. The lowest BCUT2D eigenvalue weighted by molar-refractivity contribution is 0.102. The van der Waals surface area contributed by atoms with Gasteiger partial charge < -0.3 is 15.0 Å². The van der Waals surface area contributed by atoms with Crippen LogP contribution in [0, 0.1) is 3.57 Å². The minimum absolute atomic E-state index is 0.113. The maximum Gasteiger partial charge on any atom is 0.255 e. The Bertz CT molecular complexity index is 672. The zero-order valence-electron chi connectivity index (χ0n) is 12.0. The van der Waals surface area contributed by atoms with E-state index in [1.807, 2.05) is 30.3 Å². The van der Waals surface area contributed by atoms with E-state index < -0.39 is 0 Å². The molecule has 114 valence electrons. The number of hydrogen-bond acceptors (Lipinski definition) is 4. The summed E-state index contributed by atoms with van der Waals surface area (Å²) in [7, 11) is 0. The molecule has 1 aromatic carbocycles. The monoisotopic (exact) mass is 409 g/mol. The summed E-state index contributed by atoms with van der Waals surface area (Å²) in [4.78, 5) is 18.8. The molecule has 1 amide bonds. The molecule has 0 spiro atoms. The predicted molar refractivity (Wildman–Crippen MR) is 94.4 cm³/mol. The van der Waals surface area contributed by atoms with E-state index in [2.05, 4.69) is 37.8 Å². The number of rotatable bonds is 3. The lowest BCUT2D eigenvalue weighted by atomic mass is 10.2. The van der Waals surface area contributed by atoms with E-state index in [0.717, 1.165) is 28.2 Å². The van der Waals surface area contributed by atoms with Gasteiger partial charge in [0.25, 0.3) is 5.91 Å².